The standard InChI is InChI=1S/C17H25FN2O3Si/c1-22-12-14-11-20(17(21)23-14)13-4-5-16(15(18)10-13)19-6-8-24(2,3)9-7-19/h4-5,10,14H,6-9,11-12H2,1-3H3/t14-/m1/s1. The van der Waals surface area contributed by atoms with Crippen LogP contribution in [0, 0.1) is 5.82 Å². The lowest BCUT2D eigenvalue weighted by Crippen LogP contribution is -2.43. The van der Waals surface area contributed by atoms with Gasteiger partial charge in [0.15, 0.2) is 0 Å². The van der Waals surface area contributed by atoms with Gasteiger partial charge in [0.05, 0.1) is 32.6 Å². The van der Waals surface area contributed by atoms with E-state index in [2.05, 4.69) is 18.0 Å². The zero-order valence-electron chi connectivity index (χ0n) is 14.5. The van der Waals surface area contributed by atoms with Crippen molar-refractivity contribution in [3.05, 3.63) is 24.0 Å². The lowest BCUT2D eigenvalue weighted by atomic mass is 10.2. The Kier molecular flexibility index (Phi) is 4.82. The first-order valence-corrected chi connectivity index (χ1v) is 11.8. The third-order valence-electron chi connectivity index (χ3n) is 4.93. The highest BCUT2D eigenvalue weighted by molar-refractivity contribution is 6.77. The molecule has 2 aliphatic heterocycles. The largest absolute Gasteiger partial charge is 0.441 e. The molecule has 7 heteroatoms. The van der Waals surface area contributed by atoms with E-state index in [1.807, 2.05) is 0 Å². The molecule has 1 atom stereocenters. The third-order valence-corrected chi connectivity index (χ3v) is 8.08. The van der Waals surface area contributed by atoms with Gasteiger partial charge in [-0.3, -0.25) is 4.90 Å². The minimum Gasteiger partial charge on any atom is -0.441 e. The summed E-state index contributed by atoms with van der Waals surface area (Å²) >= 11 is 0. The van der Waals surface area contributed by atoms with Crippen LogP contribution in [0.3, 0.4) is 0 Å². The van der Waals surface area contributed by atoms with Crippen LogP contribution in [-0.2, 0) is 9.47 Å². The molecule has 24 heavy (non-hydrogen) atoms. The molecule has 0 aliphatic carbocycles. The molecule has 2 saturated heterocycles. The highest BCUT2D eigenvalue weighted by Crippen LogP contribution is 2.31. The normalized spacial score (nSPS) is 23.5. The number of halogens is 1. The third kappa shape index (κ3) is 3.56. The second-order valence-electron chi connectivity index (χ2n) is 7.36. The number of cyclic esters (lactones) is 1. The number of anilines is 2. The van der Waals surface area contributed by atoms with Crippen molar-refractivity contribution in [2.75, 3.05) is 43.2 Å². The van der Waals surface area contributed by atoms with Crippen LogP contribution in [0.2, 0.25) is 25.2 Å². The molecule has 5 nitrogen and oxygen atoms in total. The predicted molar refractivity (Wildman–Crippen MR) is 95.2 cm³/mol. The molecule has 0 unspecified atom stereocenters. The molecule has 0 aromatic heterocycles. The van der Waals surface area contributed by atoms with Crippen molar-refractivity contribution in [1.82, 2.24) is 0 Å². The quantitative estimate of drug-likeness (QED) is 0.780. The second kappa shape index (κ2) is 6.72. The Bertz CT molecular complexity index is 616. The van der Waals surface area contributed by atoms with Crippen LogP contribution < -0.4 is 9.80 Å². The maximum Gasteiger partial charge on any atom is 0.414 e. The Balaban J connectivity index is 1.72. The SMILES string of the molecule is COC[C@H]1CN(c2ccc(N3CC[Si](C)(C)CC3)c(F)c2)C(=O)O1. The summed E-state index contributed by atoms with van der Waals surface area (Å²) in [7, 11) is 0.478. The van der Waals surface area contributed by atoms with Crippen LogP contribution in [0.4, 0.5) is 20.6 Å². The van der Waals surface area contributed by atoms with Gasteiger partial charge < -0.3 is 14.4 Å². The smallest absolute Gasteiger partial charge is 0.414 e. The number of ether oxygens (including phenoxy) is 2. The Morgan fingerprint density at radius 2 is 2.04 bits per heavy atom. The predicted octanol–water partition coefficient (Wildman–Crippen LogP) is 3.33. The molecule has 132 valence electrons. The number of carbonyl (C=O) groups excluding carboxylic acids is 1. The maximum absolute atomic E-state index is 14.6. The van der Waals surface area contributed by atoms with Crippen molar-refractivity contribution in [1.29, 1.82) is 0 Å². The topological polar surface area (TPSA) is 42.0 Å². The van der Waals surface area contributed by atoms with E-state index in [0.717, 1.165) is 13.1 Å². The summed E-state index contributed by atoms with van der Waals surface area (Å²) in [5, 5.41) is 0. The Hall–Kier alpha value is -1.60. The monoisotopic (exact) mass is 352 g/mol. The fraction of sp³-hybridized carbons (Fsp3) is 0.588. The number of amides is 1. The lowest BCUT2D eigenvalue weighted by Gasteiger charge is -2.37. The minimum atomic E-state index is -1.08. The summed E-state index contributed by atoms with van der Waals surface area (Å²) in [5.41, 5.74) is 1.16. The molecule has 2 aliphatic rings. The van der Waals surface area contributed by atoms with Crippen molar-refractivity contribution < 1.29 is 18.7 Å². The van der Waals surface area contributed by atoms with Gasteiger partial charge in [-0.1, -0.05) is 13.1 Å². The number of hydrogen-bond donors (Lipinski definition) is 0. The van der Waals surface area contributed by atoms with Crippen LogP contribution in [0.5, 0.6) is 0 Å². The van der Waals surface area contributed by atoms with Crippen LogP contribution in [0.15, 0.2) is 18.2 Å². The molecule has 1 amide bonds. The molecule has 1 aromatic rings. The van der Waals surface area contributed by atoms with Gasteiger partial charge in [0.25, 0.3) is 0 Å². The van der Waals surface area contributed by atoms with E-state index in [1.165, 1.54) is 23.1 Å². The molecule has 0 N–H and O–H groups in total. The van der Waals surface area contributed by atoms with Crippen LogP contribution in [0.1, 0.15) is 0 Å². The average Bonchev–Trinajstić information content (AvgIpc) is 2.89. The van der Waals surface area contributed by atoms with E-state index >= 15 is 0 Å². The number of benzene rings is 1. The van der Waals surface area contributed by atoms with Crippen molar-refractivity contribution in [3.63, 3.8) is 0 Å². The van der Waals surface area contributed by atoms with Gasteiger partial charge in [0.2, 0.25) is 0 Å². The molecule has 0 spiro atoms. The second-order valence-corrected chi connectivity index (χ2v) is 12.7. The highest BCUT2D eigenvalue weighted by atomic mass is 28.3. The van der Waals surface area contributed by atoms with E-state index < -0.39 is 14.2 Å². The molecule has 2 heterocycles. The van der Waals surface area contributed by atoms with Gasteiger partial charge >= 0.3 is 6.09 Å². The molecule has 3 rings (SSSR count). The Morgan fingerprint density at radius 3 is 2.67 bits per heavy atom. The van der Waals surface area contributed by atoms with Crippen molar-refractivity contribution >= 4 is 25.5 Å². The summed E-state index contributed by atoms with van der Waals surface area (Å²) in [4.78, 5) is 15.5. The van der Waals surface area contributed by atoms with Gasteiger partial charge in [0.1, 0.15) is 11.9 Å². The number of carbonyl (C=O) groups is 1. The van der Waals surface area contributed by atoms with Gasteiger partial charge in [-0.2, -0.15) is 0 Å². The maximum atomic E-state index is 14.6. The number of rotatable bonds is 4. The molecular formula is C17H25FN2O3Si. The number of nitrogens with zero attached hydrogens (tertiary/aromatic N) is 2. The molecule has 0 radical (unpaired) electrons. The Morgan fingerprint density at radius 1 is 1.33 bits per heavy atom. The van der Waals surface area contributed by atoms with E-state index in [9.17, 15) is 9.18 Å². The minimum absolute atomic E-state index is 0.281. The van der Waals surface area contributed by atoms with Crippen molar-refractivity contribution in [2.24, 2.45) is 0 Å². The van der Waals surface area contributed by atoms with Crippen LogP contribution >= 0.6 is 0 Å². The van der Waals surface area contributed by atoms with Gasteiger partial charge in [0, 0.05) is 20.2 Å². The van der Waals surface area contributed by atoms with Gasteiger partial charge in [-0.15, -0.1) is 0 Å². The summed E-state index contributed by atoms with van der Waals surface area (Å²) in [5.74, 6) is -0.281. The zero-order chi connectivity index (χ0) is 17.3. The lowest BCUT2D eigenvalue weighted by molar-refractivity contribution is 0.0718. The molecule has 0 bridgehead atoms. The first-order chi connectivity index (χ1) is 11.4. The van der Waals surface area contributed by atoms with Crippen LogP contribution in [-0.4, -0.2) is 53.6 Å². The molecular weight excluding hydrogens is 327 g/mol. The van der Waals surface area contributed by atoms with Crippen molar-refractivity contribution in [3.8, 4) is 0 Å². The number of hydrogen-bond acceptors (Lipinski definition) is 4. The summed E-state index contributed by atoms with van der Waals surface area (Å²) in [6.45, 7) is 7.33. The van der Waals surface area contributed by atoms with Gasteiger partial charge in [-0.05, 0) is 30.3 Å². The fourth-order valence-electron chi connectivity index (χ4n) is 3.28. The summed E-state index contributed by atoms with van der Waals surface area (Å²) in [6, 6.07) is 7.38. The van der Waals surface area contributed by atoms with Crippen molar-refractivity contribution in [2.45, 2.75) is 31.3 Å². The summed E-state index contributed by atoms with van der Waals surface area (Å²) in [6.07, 6.45) is -0.755. The number of methoxy groups -OCH3 is 1. The first-order valence-electron chi connectivity index (χ1n) is 8.41. The average molecular weight is 352 g/mol. The van der Waals surface area contributed by atoms with E-state index in [-0.39, 0.29) is 11.9 Å². The van der Waals surface area contributed by atoms with Crippen LogP contribution in [0.25, 0.3) is 0 Å². The van der Waals surface area contributed by atoms with E-state index in [1.54, 1.807) is 19.2 Å². The molecule has 0 saturated carbocycles. The van der Waals surface area contributed by atoms with Gasteiger partial charge in [-0.25, -0.2) is 9.18 Å². The first kappa shape index (κ1) is 17.2. The Labute approximate surface area is 143 Å². The fourth-order valence-corrected chi connectivity index (χ4v) is 5.28. The highest BCUT2D eigenvalue weighted by Gasteiger charge is 2.33. The molecule has 1 aromatic carbocycles. The zero-order valence-corrected chi connectivity index (χ0v) is 15.5. The van der Waals surface area contributed by atoms with E-state index in [4.69, 9.17) is 9.47 Å². The summed E-state index contributed by atoms with van der Waals surface area (Å²) < 4.78 is 24.8. The molecule has 2 fully saturated rings. The van der Waals surface area contributed by atoms with E-state index in [0.29, 0.717) is 24.5 Å².